The summed E-state index contributed by atoms with van der Waals surface area (Å²) in [6, 6.07) is 14.9. The first-order valence-corrected chi connectivity index (χ1v) is 11.5. The Labute approximate surface area is 173 Å². The minimum absolute atomic E-state index is 0.0398. The maximum Gasteiger partial charge on any atom is 0.230 e. The highest BCUT2D eigenvalue weighted by Gasteiger charge is 2.30. The van der Waals surface area contributed by atoms with Crippen molar-refractivity contribution >= 4 is 29.0 Å². The highest BCUT2D eigenvalue weighted by atomic mass is 32.2. The number of rotatable bonds is 9. The number of carbonyl (C=O) groups is 1. The molecular formula is C21H24N4OS2. The number of nitrogens with zero attached hydrogens (tertiary/aromatic N) is 3. The molecule has 1 aliphatic carbocycles. The fourth-order valence-corrected chi connectivity index (χ4v) is 4.70. The number of hydrogen-bond donors (Lipinski definition) is 1. The summed E-state index contributed by atoms with van der Waals surface area (Å²) < 4.78 is 2.24. The third-order valence-electron chi connectivity index (χ3n) is 4.87. The number of amides is 1. The zero-order valence-electron chi connectivity index (χ0n) is 15.9. The third kappa shape index (κ3) is 4.83. The molecule has 1 saturated carbocycles. The summed E-state index contributed by atoms with van der Waals surface area (Å²) in [5.74, 6) is 1.71. The molecule has 0 bridgehead atoms. The standard InChI is InChI=1S/C21H24N4OS2/c1-15(16-6-3-2-4-7-16)13-22-20(26)14-28-21-24-23-19(25(21)17-9-10-17)12-18-8-5-11-27-18/h2-8,11,15,17H,9-10,12-14H2,1H3,(H,22,26)/t15-/m1/s1. The van der Waals surface area contributed by atoms with Gasteiger partial charge in [0.25, 0.3) is 0 Å². The predicted octanol–water partition coefficient (Wildman–Crippen LogP) is 4.28. The molecule has 1 aromatic carbocycles. The zero-order chi connectivity index (χ0) is 19.3. The minimum atomic E-state index is 0.0398. The van der Waals surface area contributed by atoms with E-state index < -0.39 is 0 Å². The molecule has 5 nitrogen and oxygen atoms in total. The first-order chi connectivity index (χ1) is 13.7. The van der Waals surface area contributed by atoms with Crippen LogP contribution >= 0.6 is 23.1 Å². The van der Waals surface area contributed by atoms with Gasteiger partial charge in [-0.25, -0.2) is 0 Å². The van der Waals surface area contributed by atoms with Crippen LogP contribution in [0.3, 0.4) is 0 Å². The Morgan fingerprint density at radius 3 is 2.79 bits per heavy atom. The van der Waals surface area contributed by atoms with Crippen LogP contribution in [0.2, 0.25) is 0 Å². The molecule has 146 valence electrons. The number of thiophene rings is 1. The second-order valence-corrected chi connectivity index (χ2v) is 9.14. The largest absolute Gasteiger partial charge is 0.355 e. The molecular weight excluding hydrogens is 388 g/mol. The lowest BCUT2D eigenvalue weighted by molar-refractivity contribution is -0.118. The molecule has 7 heteroatoms. The van der Waals surface area contributed by atoms with Gasteiger partial charge in [-0.15, -0.1) is 21.5 Å². The van der Waals surface area contributed by atoms with E-state index in [0.717, 1.165) is 17.4 Å². The molecule has 1 N–H and O–H groups in total. The molecule has 0 radical (unpaired) electrons. The van der Waals surface area contributed by atoms with Crippen molar-refractivity contribution in [1.82, 2.24) is 20.1 Å². The Hall–Kier alpha value is -2.12. The molecule has 0 unspecified atom stereocenters. The van der Waals surface area contributed by atoms with E-state index in [1.165, 1.54) is 35.0 Å². The van der Waals surface area contributed by atoms with Crippen molar-refractivity contribution in [2.24, 2.45) is 0 Å². The van der Waals surface area contributed by atoms with E-state index >= 15 is 0 Å². The Kier molecular flexibility index (Phi) is 6.12. The molecule has 2 aromatic heterocycles. The van der Waals surface area contributed by atoms with E-state index in [9.17, 15) is 4.79 Å². The van der Waals surface area contributed by atoms with Gasteiger partial charge >= 0.3 is 0 Å². The Morgan fingerprint density at radius 1 is 1.25 bits per heavy atom. The molecule has 1 aliphatic rings. The van der Waals surface area contributed by atoms with Gasteiger partial charge in [-0.1, -0.05) is 55.1 Å². The van der Waals surface area contributed by atoms with Crippen LogP contribution in [0.4, 0.5) is 0 Å². The van der Waals surface area contributed by atoms with Gasteiger partial charge in [0.05, 0.1) is 5.75 Å². The molecule has 1 fully saturated rings. The minimum Gasteiger partial charge on any atom is -0.355 e. The number of nitrogens with one attached hydrogen (secondary N) is 1. The number of carbonyl (C=O) groups excluding carboxylic acids is 1. The van der Waals surface area contributed by atoms with Gasteiger partial charge < -0.3 is 9.88 Å². The van der Waals surface area contributed by atoms with Crippen LogP contribution in [0.15, 0.2) is 53.0 Å². The van der Waals surface area contributed by atoms with Crippen molar-refractivity contribution < 1.29 is 4.79 Å². The molecule has 2 heterocycles. The number of aromatic nitrogens is 3. The number of benzene rings is 1. The molecule has 28 heavy (non-hydrogen) atoms. The maximum absolute atomic E-state index is 12.3. The molecule has 4 rings (SSSR count). The third-order valence-corrected chi connectivity index (χ3v) is 6.69. The van der Waals surface area contributed by atoms with Crippen LogP contribution in [-0.4, -0.2) is 33.0 Å². The summed E-state index contributed by atoms with van der Waals surface area (Å²) >= 11 is 3.23. The lowest BCUT2D eigenvalue weighted by Gasteiger charge is -2.13. The lowest BCUT2D eigenvalue weighted by Crippen LogP contribution is -2.29. The van der Waals surface area contributed by atoms with Crippen molar-refractivity contribution in [3.8, 4) is 0 Å². The first-order valence-electron chi connectivity index (χ1n) is 9.61. The van der Waals surface area contributed by atoms with Gasteiger partial charge in [-0.2, -0.15) is 0 Å². The van der Waals surface area contributed by atoms with Crippen LogP contribution in [0.25, 0.3) is 0 Å². The fraction of sp³-hybridized carbons (Fsp3) is 0.381. The summed E-state index contributed by atoms with van der Waals surface area (Å²) in [5.41, 5.74) is 1.24. The zero-order valence-corrected chi connectivity index (χ0v) is 17.5. The molecule has 0 aliphatic heterocycles. The summed E-state index contributed by atoms with van der Waals surface area (Å²) in [4.78, 5) is 13.6. The Morgan fingerprint density at radius 2 is 2.07 bits per heavy atom. The van der Waals surface area contributed by atoms with E-state index in [-0.39, 0.29) is 5.91 Å². The molecule has 0 saturated heterocycles. The highest BCUT2D eigenvalue weighted by molar-refractivity contribution is 7.99. The molecule has 0 spiro atoms. The van der Waals surface area contributed by atoms with Crippen LogP contribution in [-0.2, 0) is 11.2 Å². The van der Waals surface area contributed by atoms with Crippen molar-refractivity contribution in [1.29, 1.82) is 0 Å². The average molecular weight is 413 g/mol. The van der Waals surface area contributed by atoms with E-state index in [2.05, 4.69) is 56.7 Å². The van der Waals surface area contributed by atoms with Gasteiger partial charge in [-0.05, 0) is 35.8 Å². The predicted molar refractivity (Wildman–Crippen MR) is 114 cm³/mol. The summed E-state index contributed by atoms with van der Waals surface area (Å²) in [6.45, 7) is 2.77. The van der Waals surface area contributed by atoms with Crippen molar-refractivity contribution in [3.63, 3.8) is 0 Å². The van der Waals surface area contributed by atoms with Crippen molar-refractivity contribution in [3.05, 3.63) is 64.1 Å². The first kappa shape index (κ1) is 19.2. The Balaban J connectivity index is 1.32. The second-order valence-electron chi connectivity index (χ2n) is 7.16. The van der Waals surface area contributed by atoms with E-state index in [4.69, 9.17) is 0 Å². The topological polar surface area (TPSA) is 59.8 Å². The maximum atomic E-state index is 12.3. The van der Waals surface area contributed by atoms with Gasteiger partial charge in [-0.3, -0.25) is 4.79 Å². The molecule has 3 aromatic rings. The second kappa shape index (κ2) is 8.92. The van der Waals surface area contributed by atoms with E-state index in [0.29, 0.717) is 24.3 Å². The fourth-order valence-electron chi connectivity index (χ4n) is 3.14. The average Bonchev–Trinajstić information content (AvgIpc) is 3.27. The van der Waals surface area contributed by atoms with Crippen LogP contribution < -0.4 is 5.32 Å². The lowest BCUT2D eigenvalue weighted by atomic mass is 10.0. The van der Waals surface area contributed by atoms with E-state index in [1.54, 1.807) is 11.3 Å². The van der Waals surface area contributed by atoms with Crippen LogP contribution in [0, 0.1) is 0 Å². The van der Waals surface area contributed by atoms with Gasteiger partial charge in [0.15, 0.2) is 5.16 Å². The normalized spacial score (nSPS) is 14.8. The smallest absolute Gasteiger partial charge is 0.230 e. The number of hydrogen-bond acceptors (Lipinski definition) is 5. The monoisotopic (exact) mass is 412 g/mol. The van der Waals surface area contributed by atoms with Crippen molar-refractivity contribution in [2.45, 2.75) is 43.3 Å². The summed E-state index contributed by atoms with van der Waals surface area (Å²) in [6.07, 6.45) is 3.15. The van der Waals surface area contributed by atoms with Crippen LogP contribution in [0.1, 0.15) is 48.0 Å². The summed E-state index contributed by atoms with van der Waals surface area (Å²) in [7, 11) is 0. The van der Waals surface area contributed by atoms with Crippen molar-refractivity contribution in [2.75, 3.05) is 12.3 Å². The summed E-state index contributed by atoms with van der Waals surface area (Å²) in [5, 5.41) is 14.8. The Bertz CT molecular complexity index is 904. The quantitative estimate of drug-likeness (QED) is 0.533. The van der Waals surface area contributed by atoms with Gasteiger partial charge in [0.1, 0.15) is 5.82 Å². The van der Waals surface area contributed by atoms with Gasteiger partial charge in [0, 0.05) is 23.9 Å². The van der Waals surface area contributed by atoms with Crippen LogP contribution in [0.5, 0.6) is 0 Å². The number of thioether (sulfide) groups is 1. The molecule has 1 atom stereocenters. The highest BCUT2D eigenvalue weighted by Crippen LogP contribution is 2.39. The SMILES string of the molecule is C[C@H](CNC(=O)CSc1nnc(Cc2cccs2)n1C1CC1)c1ccccc1. The molecule has 1 amide bonds. The van der Waals surface area contributed by atoms with Gasteiger partial charge in [0.2, 0.25) is 5.91 Å². The van der Waals surface area contributed by atoms with E-state index in [1.807, 2.05) is 18.2 Å².